The molecule has 2 N–H and O–H groups in total. The molecule has 0 unspecified atom stereocenters. The Labute approximate surface area is 99.1 Å². The van der Waals surface area contributed by atoms with E-state index in [-0.39, 0.29) is 5.82 Å². The molecule has 0 spiro atoms. The average molecular weight is 287 g/mol. The van der Waals surface area contributed by atoms with E-state index in [0.717, 1.165) is 15.4 Å². The van der Waals surface area contributed by atoms with Crippen molar-refractivity contribution in [3.8, 4) is 10.6 Å². The van der Waals surface area contributed by atoms with Gasteiger partial charge in [-0.05, 0) is 34.1 Å². The summed E-state index contributed by atoms with van der Waals surface area (Å²) < 4.78 is 13.5. The molecule has 0 saturated heterocycles. The molecule has 1 aromatic heterocycles. The van der Waals surface area contributed by atoms with Gasteiger partial charge in [-0.25, -0.2) is 9.37 Å². The number of rotatable bonds is 2. The number of hydrogen-bond acceptors (Lipinski definition) is 3. The van der Waals surface area contributed by atoms with Gasteiger partial charge in [0.25, 0.3) is 0 Å². The molecule has 1 heterocycles. The van der Waals surface area contributed by atoms with Gasteiger partial charge in [-0.1, -0.05) is 0 Å². The Balaban J connectivity index is 2.40. The maximum Gasteiger partial charge on any atom is 0.137 e. The highest BCUT2D eigenvalue weighted by atomic mass is 79.9. The number of hydrogen-bond donors (Lipinski definition) is 1. The van der Waals surface area contributed by atoms with E-state index in [4.69, 9.17) is 5.73 Å². The molecule has 0 aliphatic carbocycles. The summed E-state index contributed by atoms with van der Waals surface area (Å²) in [6.07, 6.45) is 1.75. The van der Waals surface area contributed by atoms with Crippen LogP contribution in [-0.4, -0.2) is 4.98 Å². The van der Waals surface area contributed by atoms with Crippen LogP contribution in [0.3, 0.4) is 0 Å². The van der Waals surface area contributed by atoms with E-state index in [1.165, 1.54) is 17.4 Å². The molecule has 2 nitrogen and oxygen atoms in total. The van der Waals surface area contributed by atoms with Crippen LogP contribution in [-0.2, 0) is 6.54 Å². The summed E-state index contributed by atoms with van der Waals surface area (Å²) in [7, 11) is 0. The third-order valence-electron chi connectivity index (χ3n) is 1.92. The second-order valence-electron chi connectivity index (χ2n) is 2.96. The lowest BCUT2D eigenvalue weighted by atomic mass is 10.2. The van der Waals surface area contributed by atoms with E-state index >= 15 is 0 Å². The summed E-state index contributed by atoms with van der Waals surface area (Å²) in [5, 5.41) is 0.858. The second kappa shape index (κ2) is 4.38. The summed E-state index contributed by atoms with van der Waals surface area (Å²) in [5.41, 5.74) is 6.39. The van der Waals surface area contributed by atoms with Gasteiger partial charge in [0.2, 0.25) is 0 Å². The van der Waals surface area contributed by atoms with Crippen LogP contribution in [0.25, 0.3) is 10.6 Å². The molecule has 0 aliphatic heterocycles. The quantitative estimate of drug-likeness (QED) is 0.921. The fraction of sp³-hybridized carbons (Fsp3) is 0.100. The third kappa shape index (κ3) is 2.25. The largest absolute Gasteiger partial charge is 0.326 e. The van der Waals surface area contributed by atoms with Gasteiger partial charge in [-0.2, -0.15) is 0 Å². The maximum absolute atomic E-state index is 13.0. The van der Waals surface area contributed by atoms with Gasteiger partial charge in [0.1, 0.15) is 10.8 Å². The first-order valence-electron chi connectivity index (χ1n) is 4.31. The molecule has 0 atom stereocenters. The van der Waals surface area contributed by atoms with E-state index < -0.39 is 0 Å². The van der Waals surface area contributed by atoms with Crippen molar-refractivity contribution in [3.63, 3.8) is 0 Å². The zero-order chi connectivity index (χ0) is 10.8. The summed E-state index contributed by atoms with van der Waals surface area (Å²) >= 11 is 4.67. The van der Waals surface area contributed by atoms with Crippen LogP contribution in [0.2, 0.25) is 0 Å². The lowest BCUT2D eigenvalue weighted by Crippen LogP contribution is -1.91. The first-order valence-corrected chi connectivity index (χ1v) is 5.92. The van der Waals surface area contributed by atoms with Gasteiger partial charge in [0, 0.05) is 23.2 Å². The fourth-order valence-corrected chi connectivity index (χ4v) is 2.33. The maximum atomic E-state index is 13.0. The molecule has 0 saturated carbocycles. The van der Waals surface area contributed by atoms with Crippen molar-refractivity contribution in [2.24, 2.45) is 5.73 Å². The lowest BCUT2D eigenvalue weighted by Gasteiger charge is -1.98. The third-order valence-corrected chi connectivity index (χ3v) is 3.60. The van der Waals surface area contributed by atoms with Crippen molar-refractivity contribution in [2.75, 3.05) is 0 Å². The van der Waals surface area contributed by atoms with Gasteiger partial charge < -0.3 is 5.73 Å². The number of benzene rings is 1. The Morgan fingerprint density at radius 2 is 2.27 bits per heavy atom. The van der Waals surface area contributed by atoms with Crippen molar-refractivity contribution in [1.29, 1.82) is 0 Å². The standard InChI is InChI=1S/C10H8BrFN2S/c11-8-3-6(1-2-9(8)12)10-14-5-7(4-13)15-10/h1-3,5H,4,13H2. The molecule has 0 amide bonds. The van der Waals surface area contributed by atoms with E-state index in [1.54, 1.807) is 18.3 Å². The monoisotopic (exact) mass is 286 g/mol. The summed E-state index contributed by atoms with van der Waals surface area (Å²) in [6.45, 7) is 0.486. The highest BCUT2D eigenvalue weighted by Crippen LogP contribution is 2.28. The van der Waals surface area contributed by atoms with Crippen LogP contribution < -0.4 is 5.73 Å². The Kier molecular flexibility index (Phi) is 3.14. The Morgan fingerprint density at radius 3 is 2.87 bits per heavy atom. The van der Waals surface area contributed by atoms with Gasteiger partial charge in [0.05, 0.1) is 4.47 Å². The van der Waals surface area contributed by atoms with Gasteiger partial charge in [0.15, 0.2) is 0 Å². The minimum atomic E-state index is -0.269. The molecule has 0 fully saturated rings. The predicted octanol–water partition coefficient (Wildman–Crippen LogP) is 3.17. The molecule has 15 heavy (non-hydrogen) atoms. The molecule has 0 bridgehead atoms. The molecular formula is C10H8BrFN2S. The van der Waals surface area contributed by atoms with Crippen LogP contribution in [0.1, 0.15) is 4.88 Å². The van der Waals surface area contributed by atoms with Gasteiger partial charge in [-0.15, -0.1) is 11.3 Å². The van der Waals surface area contributed by atoms with Crippen LogP contribution in [0, 0.1) is 5.82 Å². The summed E-state index contributed by atoms with van der Waals surface area (Å²) in [6, 6.07) is 4.84. The predicted molar refractivity (Wildman–Crippen MR) is 63.1 cm³/mol. The lowest BCUT2D eigenvalue weighted by molar-refractivity contribution is 0.621. The van der Waals surface area contributed by atoms with Crippen LogP contribution in [0.5, 0.6) is 0 Å². The first-order chi connectivity index (χ1) is 7.20. The highest BCUT2D eigenvalue weighted by molar-refractivity contribution is 9.10. The normalized spacial score (nSPS) is 10.6. The van der Waals surface area contributed by atoms with Gasteiger partial charge >= 0.3 is 0 Å². The topological polar surface area (TPSA) is 38.9 Å². The molecule has 78 valence electrons. The number of halogens is 2. The molecule has 2 aromatic rings. The van der Waals surface area contributed by atoms with Crippen molar-refractivity contribution < 1.29 is 4.39 Å². The van der Waals surface area contributed by atoms with E-state index in [1.807, 2.05) is 0 Å². The van der Waals surface area contributed by atoms with Crippen LogP contribution >= 0.6 is 27.3 Å². The van der Waals surface area contributed by atoms with Crippen LogP contribution in [0.15, 0.2) is 28.9 Å². The Morgan fingerprint density at radius 1 is 1.47 bits per heavy atom. The summed E-state index contributed by atoms with van der Waals surface area (Å²) in [5.74, 6) is -0.269. The number of nitrogens with two attached hydrogens (primary N) is 1. The molecule has 0 aliphatic rings. The van der Waals surface area contributed by atoms with Crippen molar-refractivity contribution in [2.45, 2.75) is 6.54 Å². The van der Waals surface area contributed by atoms with Gasteiger partial charge in [-0.3, -0.25) is 0 Å². The zero-order valence-electron chi connectivity index (χ0n) is 7.71. The fourth-order valence-electron chi connectivity index (χ4n) is 1.16. The van der Waals surface area contributed by atoms with Crippen molar-refractivity contribution in [1.82, 2.24) is 4.98 Å². The number of thiazole rings is 1. The Bertz CT molecular complexity index is 484. The first kappa shape index (κ1) is 10.7. The SMILES string of the molecule is NCc1cnc(-c2ccc(F)c(Br)c2)s1. The molecule has 0 radical (unpaired) electrons. The summed E-state index contributed by atoms with van der Waals surface area (Å²) in [4.78, 5) is 5.24. The minimum absolute atomic E-state index is 0.269. The van der Waals surface area contributed by atoms with Crippen molar-refractivity contribution in [3.05, 3.63) is 39.6 Å². The van der Waals surface area contributed by atoms with E-state index in [0.29, 0.717) is 11.0 Å². The molecular weight excluding hydrogens is 279 g/mol. The second-order valence-corrected chi connectivity index (χ2v) is 4.93. The molecule has 5 heteroatoms. The van der Waals surface area contributed by atoms with Crippen LogP contribution in [0.4, 0.5) is 4.39 Å². The highest BCUT2D eigenvalue weighted by Gasteiger charge is 2.06. The van der Waals surface area contributed by atoms with E-state index in [9.17, 15) is 4.39 Å². The smallest absolute Gasteiger partial charge is 0.137 e. The average Bonchev–Trinajstić information content (AvgIpc) is 2.70. The minimum Gasteiger partial charge on any atom is -0.326 e. The number of nitrogens with zero attached hydrogens (tertiary/aromatic N) is 1. The number of aromatic nitrogens is 1. The Hall–Kier alpha value is -0.780. The van der Waals surface area contributed by atoms with Crippen molar-refractivity contribution >= 4 is 27.3 Å². The molecule has 1 aromatic carbocycles. The van der Waals surface area contributed by atoms with E-state index in [2.05, 4.69) is 20.9 Å². The molecule has 2 rings (SSSR count). The zero-order valence-corrected chi connectivity index (χ0v) is 10.1.